The fourth-order valence-electron chi connectivity index (χ4n) is 0.777. The first kappa shape index (κ1) is 12.9. The second-order valence-electron chi connectivity index (χ2n) is 2.74. The highest BCUT2D eigenvalue weighted by Gasteiger charge is 2.09. The van der Waals surface area contributed by atoms with Crippen LogP contribution >= 0.6 is 0 Å². The third-order valence-corrected chi connectivity index (χ3v) is 1.54. The van der Waals surface area contributed by atoms with Crippen LogP contribution in [0, 0.1) is 0 Å². The summed E-state index contributed by atoms with van der Waals surface area (Å²) in [6, 6.07) is -0.295. The van der Waals surface area contributed by atoms with E-state index in [0.717, 1.165) is 0 Å². The molecule has 0 aromatic heterocycles. The van der Waals surface area contributed by atoms with E-state index in [4.69, 9.17) is 10.2 Å². The molecule has 0 heterocycles. The van der Waals surface area contributed by atoms with Crippen LogP contribution in [-0.2, 0) is 14.3 Å². The van der Waals surface area contributed by atoms with Crippen molar-refractivity contribution in [2.24, 2.45) is 0 Å². The van der Waals surface area contributed by atoms with Crippen molar-refractivity contribution in [3.63, 3.8) is 0 Å². The molecule has 0 aromatic rings. The largest absolute Gasteiger partial charge is 0.480 e. The lowest BCUT2D eigenvalue weighted by Gasteiger charge is -2.13. The average Bonchev–Trinajstić information content (AvgIpc) is 2.13. The number of hydrogen-bond acceptors (Lipinski definition) is 4. The van der Waals surface area contributed by atoms with Gasteiger partial charge < -0.3 is 20.3 Å². The summed E-state index contributed by atoms with van der Waals surface area (Å²) in [5.41, 5.74) is 0. The number of carbonyl (C=O) groups is 2. The highest BCUT2D eigenvalue weighted by atomic mass is 16.5. The molecule has 0 saturated carbocycles. The van der Waals surface area contributed by atoms with Gasteiger partial charge in [-0.25, -0.2) is 4.79 Å². The van der Waals surface area contributed by atoms with Crippen LogP contribution < -0.4 is 5.32 Å². The van der Waals surface area contributed by atoms with E-state index in [0.29, 0.717) is 6.42 Å². The van der Waals surface area contributed by atoms with Crippen molar-refractivity contribution in [3.05, 3.63) is 0 Å². The van der Waals surface area contributed by atoms with Crippen LogP contribution in [-0.4, -0.2) is 48.0 Å². The topological polar surface area (TPSA) is 95.9 Å². The van der Waals surface area contributed by atoms with E-state index in [2.05, 4.69) is 10.1 Å². The molecule has 0 rings (SSSR count). The lowest BCUT2D eigenvalue weighted by atomic mass is 10.2. The fourth-order valence-corrected chi connectivity index (χ4v) is 0.777. The Labute approximate surface area is 81.9 Å². The Balaban J connectivity index is 3.59. The summed E-state index contributed by atoms with van der Waals surface area (Å²) in [6.45, 7) is 0.882. The summed E-state index contributed by atoms with van der Waals surface area (Å²) in [7, 11) is 0. The number of aliphatic hydroxyl groups excluding tert-OH is 1. The molecule has 82 valence electrons. The van der Waals surface area contributed by atoms with Crippen molar-refractivity contribution in [2.75, 3.05) is 19.8 Å². The van der Waals surface area contributed by atoms with Crippen molar-refractivity contribution in [2.45, 2.75) is 19.4 Å². The number of carboxylic acid groups (broad SMARTS) is 1. The summed E-state index contributed by atoms with van der Waals surface area (Å²) < 4.78 is 4.55. The first-order valence-corrected chi connectivity index (χ1v) is 4.29. The van der Waals surface area contributed by atoms with Gasteiger partial charge in [-0.1, -0.05) is 6.92 Å². The molecule has 0 bridgehead atoms. The molecular weight excluding hydrogens is 190 g/mol. The second-order valence-corrected chi connectivity index (χ2v) is 2.74. The Morgan fingerprint density at radius 3 is 2.50 bits per heavy atom. The van der Waals surface area contributed by atoms with Gasteiger partial charge >= 0.3 is 5.97 Å². The maximum atomic E-state index is 11.0. The predicted octanol–water partition coefficient (Wildman–Crippen LogP) is -1.03. The van der Waals surface area contributed by atoms with Gasteiger partial charge in [0.05, 0.1) is 12.6 Å². The van der Waals surface area contributed by atoms with Crippen molar-refractivity contribution in [3.8, 4) is 0 Å². The molecule has 0 aromatic carbocycles. The number of hydrogen-bond donors (Lipinski definition) is 3. The number of carbonyl (C=O) groups excluding carboxylic acids is 1. The predicted molar refractivity (Wildman–Crippen MR) is 47.8 cm³/mol. The molecule has 0 saturated heterocycles. The number of amides is 1. The Kier molecular flexibility index (Phi) is 6.69. The van der Waals surface area contributed by atoms with Gasteiger partial charge in [-0.3, -0.25) is 4.79 Å². The van der Waals surface area contributed by atoms with Crippen LogP contribution in [0.5, 0.6) is 0 Å². The molecule has 0 aliphatic heterocycles. The number of ether oxygens (including phenoxy) is 1. The standard InChI is InChI=1S/C8H15NO5/c1-2-6(3-10)9-7(11)4-14-5-8(12)13/h6,10H,2-5H2,1H3,(H,9,11)(H,12,13)/t6-/m0/s1. The molecule has 0 fully saturated rings. The van der Waals surface area contributed by atoms with Crippen LogP contribution in [0.25, 0.3) is 0 Å². The SMILES string of the molecule is CC[C@@H](CO)NC(=O)COCC(=O)O. The zero-order valence-corrected chi connectivity index (χ0v) is 8.02. The van der Waals surface area contributed by atoms with Gasteiger partial charge in [-0.15, -0.1) is 0 Å². The first-order valence-electron chi connectivity index (χ1n) is 4.29. The summed E-state index contributed by atoms with van der Waals surface area (Å²) in [5, 5.41) is 19.4. The van der Waals surface area contributed by atoms with E-state index in [-0.39, 0.29) is 19.3 Å². The summed E-state index contributed by atoms with van der Waals surface area (Å²) in [5.74, 6) is -1.54. The fraction of sp³-hybridized carbons (Fsp3) is 0.750. The van der Waals surface area contributed by atoms with E-state index in [1.165, 1.54) is 0 Å². The quantitative estimate of drug-likeness (QED) is 0.494. The molecule has 3 N–H and O–H groups in total. The Bertz CT molecular complexity index is 190. The van der Waals surface area contributed by atoms with E-state index in [1.54, 1.807) is 0 Å². The smallest absolute Gasteiger partial charge is 0.329 e. The first-order chi connectivity index (χ1) is 6.60. The summed E-state index contributed by atoms with van der Waals surface area (Å²) >= 11 is 0. The minimum atomic E-state index is -1.12. The zero-order valence-electron chi connectivity index (χ0n) is 8.02. The normalized spacial score (nSPS) is 12.1. The van der Waals surface area contributed by atoms with E-state index in [9.17, 15) is 9.59 Å². The van der Waals surface area contributed by atoms with Crippen LogP contribution in [0.2, 0.25) is 0 Å². The van der Waals surface area contributed by atoms with Crippen LogP contribution in [0.3, 0.4) is 0 Å². The number of aliphatic hydroxyl groups is 1. The molecular formula is C8H15NO5. The van der Waals surface area contributed by atoms with E-state index in [1.807, 2.05) is 6.92 Å². The highest BCUT2D eigenvalue weighted by Crippen LogP contribution is 1.88. The van der Waals surface area contributed by atoms with Gasteiger partial charge in [-0.05, 0) is 6.42 Å². The molecule has 1 atom stereocenters. The molecule has 14 heavy (non-hydrogen) atoms. The maximum Gasteiger partial charge on any atom is 0.329 e. The molecule has 6 heteroatoms. The van der Waals surface area contributed by atoms with Gasteiger partial charge in [0.25, 0.3) is 0 Å². The van der Waals surface area contributed by atoms with Crippen molar-refractivity contribution in [1.82, 2.24) is 5.32 Å². The van der Waals surface area contributed by atoms with Gasteiger partial charge in [0.15, 0.2) is 0 Å². The zero-order chi connectivity index (χ0) is 11.0. The molecule has 0 radical (unpaired) electrons. The van der Waals surface area contributed by atoms with Crippen molar-refractivity contribution < 1.29 is 24.5 Å². The monoisotopic (exact) mass is 205 g/mol. The number of rotatable bonds is 7. The summed E-state index contributed by atoms with van der Waals surface area (Å²) in [4.78, 5) is 21.0. The summed E-state index contributed by atoms with van der Waals surface area (Å²) in [6.07, 6.45) is 0.612. The average molecular weight is 205 g/mol. The Morgan fingerprint density at radius 1 is 1.43 bits per heavy atom. The van der Waals surface area contributed by atoms with Gasteiger partial charge in [-0.2, -0.15) is 0 Å². The maximum absolute atomic E-state index is 11.0. The molecule has 0 spiro atoms. The van der Waals surface area contributed by atoms with Crippen LogP contribution in [0.15, 0.2) is 0 Å². The molecule has 6 nitrogen and oxygen atoms in total. The van der Waals surface area contributed by atoms with Crippen molar-refractivity contribution in [1.29, 1.82) is 0 Å². The minimum absolute atomic E-state index is 0.138. The minimum Gasteiger partial charge on any atom is -0.480 e. The number of aliphatic carboxylic acids is 1. The van der Waals surface area contributed by atoms with Gasteiger partial charge in [0, 0.05) is 0 Å². The van der Waals surface area contributed by atoms with Crippen molar-refractivity contribution >= 4 is 11.9 Å². The number of carboxylic acids is 1. The molecule has 0 aliphatic rings. The van der Waals surface area contributed by atoms with E-state index >= 15 is 0 Å². The van der Waals surface area contributed by atoms with Gasteiger partial charge in [0.1, 0.15) is 13.2 Å². The van der Waals surface area contributed by atoms with Gasteiger partial charge in [0.2, 0.25) is 5.91 Å². The lowest BCUT2D eigenvalue weighted by Crippen LogP contribution is -2.39. The van der Waals surface area contributed by atoms with E-state index < -0.39 is 18.5 Å². The van der Waals surface area contributed by atoms with Crippen LogP contribution in [0.4, 0.5) is 0 Å². The Morgan fingerprint density at radius 2 is 2.07 bits per heavy atom. The second kappa shape index (κ2) is 7.28. The number of nitrogens with one attached hydrogen (secondary N) is 1. The third kappa shape index (κ3) is 6.38. The Hall–Kier alpha value is -1.14. The molecule has 1 amide bonds. The molecule has 0 unspecified atom stereocenters. The third-order valence-electron chi connectivity index (χ3n) is 1.54. The lowest BCUT2D eigenvalue weighted by molar-refractivity contribution is -0.143. The van der Waals surface area contributed by atoms with Crippen LogP contribution in [0.1, 0.15) is 13.3 Å². The highest BCUT2D eigenvalue weighted by molar-refractivity contribution is 5.78. The molecule has 0 aliphatic carbocycles.